The second-order valence-corrected chi connectivity index (χ2v) is 9.15. The zero-order valence-corrected chi connectivity index (χ0v) is 21.1. The van der Waals surface area contributed by atoms with E-state index in [0.29, 0.717) is 12.2 Å². The number of hydrogen-bond donors (Lipinski definition) is 1. The summed E-state index contributed by atoms with van der Waals surface area (Å²) in [4.78, 5) is 28.2. The van der Waals surface area contributed by atoms with Crippen LogP contribution in [0, 0.1) is 0 Å². The lowest BCUT2D eigenvalue weighted by Crippen LogP contribution is -2.51. The highest BCUT2D eigenvalue weighted by Crippen LogP contribution is 2.25. The fraction of sp³-hybridized carbons (Fsp3) is 0.172. The Bertz CT molecular complexity index is 1290. The van der Waals surface area contributed by atoms with Crippen LogP contribution in [0.25, 0.3) is 10.8 Å². The smallest absolute Gasteiger partial charge is 0.261 e. The zero-order valence-electron chi connectivity index (χ0n) is 19.5. The topological polar surface area (TPSA) is 58.6 Å². The molecule has 0 radical (unpaired) electrons. The number of ether oxygens (including phenoxy) is 1. The number of nitrogens with zero attached hydrogens (tertiary/aromatic N) is 1. The van der Waals surface area contributed by atoms with Crippen LogP contribution in [0.4, 0.5) is 0 Å². The molecule has 178 valence electrons. The number of fused-ring (bicyclic) bond motifs is 1. The van der Waals surface area contributed by atoms with Crippen LogP contribution in [0.1, 0.15) is 11.1 Å². The van der Waals surface area contributed by atoms with Crippen molar-refractivity contribution in [1.29, 1.82) is 0 Å². The summed E-state index contributed by atoms with van der Waals surface area (Å²) in [5, 5.41) is 4.71. The van der Waals surface area contributed by atoms with Gasteiger partial charge in [0.25, 0.3) is 5.91 Å². The van der Waals surface area contributed by atoms with E-state index < -0.39 is 6.04 Å². The van der Waals surface area contributed by atoms with E-state index in [1.807, 2.05) is 97.1 Å². The van der Waals surface area contributed by atoms with E-state index in [2.05, 4.69) is 21.2 Å². The molecule has 0 aromatic heterocycles. The third-order valence-electron chi connectivity index (χ3n) is 5.88. The minimum atomic E-state index is -0.685. The number of likely N-dealkylation sites (N-methyl/N-ethyl adjacent to an activating group) is 1. The minimum Gasteiger partial charge on any atom is -0.483 e. The summed E-state index contributed by atoms with van der Waals surface area (Å²) in [5.74, 6) is 0.162. The first kappa shape index (κ1) is 24.5. The van der Waals surface area contributed by atoms with Crippen molar-refractivity contribution in [2.24, 2.45) is 0 Å². The van der Waals surface area contributed by atoms with Gasteiger partial charge in [-0.25, -0.2) is 0 Å². The van der Waals surface area contributed by atoms with Crippen molar-refractivity contribution in [1.82, 2.24) is 10.2 Å². The summed E-state index contributed by atoms with van der Waals surface area (Å²) < 4.78 is 6.95. The summed E-state index contributed by atoms with van der Waals surface area (Å²) in [5.41, 5.74) is 1.90. The van der Waals surface area contributed by atoms with E-state index in [0.717, 1.165) is 26.4 Å². The first-order valence-electron chi connectivity index (χ1n) is 11.4. The number of carbonyl (C=O) groups excluding carboxylic acids is 2. The maximum atomic E-state index is 13.6. The van der Waals surface area contributed by atoms with Crippen LogP contribution in [0.3, 0.4) is 0 Å². The highest BCUT2D eigenvalue weighted by Gasteiger charge is 2.30. The summed E-state index contributed by atoms with van der Waals surface area (Å²) in [7, 11) is 1.59. The van der Waals surface area contributed by atoms with Gasteiger partial charge in [-0.05, 0) is 34.7 Å². The number of amides is 2. The molecule has 1 N–H and O–H groups in total. The Hall–Kier alpha value is -3.64. The second kappa shape index (κ2) is 11.7. The Morgan fingerprint density at radius 3 is 2.29 bits per heavy atom. The molecule has 4 aromatic rings. The molecule has 4 rings (SSSR count). The molecule has 0 bridgehead atoms. The number of hydrogen-bond acceptors (Lipinski definition) is 3. The largest absolute Gasteiger partial charge is 0.483 e. The van der Waals surface area contributed by atoms with E-state index >= 15 is 0 Å². The minimum absolute atomic E-state index is 0.174. The van der Waals surface area contributed by atoms with Crippen LogP contribution in [-0.4, -0.2) is 36.4 Å². The van der Waals surface area contributed by atoms with E-state index in [-0.39, 0.29) is 25.0 Å². The summed E-state index contributed by atoms with van der Waals surface area (Å²) in [6.07, 6.45) is 0.400. The van der Waals surface area contributed by atoms with Gasteiger partial charge in [-0.3, -0.25) is 9.59 Å². The van der Waals surface area contributed by atoms with E-state index in [1.54, 1.807) is 11.9 Å². The number of rotatable bonds is 9. The quantitative estimate of drug-likeness (QED) is 0.316. The van der Waals surface area contributed by atoms with Crippen molar-refractivity contribution >= 4 is 38.5 Å². The van der Waals surface area contributed by atoms with Crippen LogP contribution in [0.5, 0.6) is 5.75 Å². The predicted octanol–water partition coefficient (Wildman–Crippen LogP) is 5.37. The van der Waals surface area contributed by atoms with Crippen molar-refractivity contribution in [3.63, 3.8) is 0 Å². The van der Waals surface area contributed by atoms with Crippen molar-refractivity contribution in [2.45, 2.75) is 19.0 Å². The zero-order chi connectivity index (χ0) is 24.6. The molecule has 0 fully saturated rings. The van der Waals surface area contributed by atoms with Crippen molar-refractivity contribution in [2.75, 3.05) is 13.7 Å². The molecule has 0 saturated carbocycles. The maximum absolute atomic E-state index is 13.6. The lowest BCUT2D eigenvalue weighted by molar-refractivity contribution is -0.142. The van der Waals surface area contributed by atoms with E-state index in [4.69, 9.17) is 4.74 Å². The normalized spacial score (nSPS) is 11.6. The molecule has 0 aliphatic rings. The average Bonchev–Trinajstić information content (AvgIpc) is 2.90. The molecule has 5 nitrogen and oxygen atoms in total. The van der Waals surface area contributed by atoms with Crippen molar-refractivity contribution in [3.8, 4) is 5.75 Å². The van der Waals surface area contributed by atoms with Crippen LogP contribution in [0.15, 0.2) is 102 Å². The van der Waals surface area contributed by atoms with Crippen LogP contribution in [-0.2, 0) is 22.6 Å². The Balaban J connectivity index is 1.61. The lowest BCUT2D eigenvalue weighted by atomic mass is 10.0. The number of nitrogens with one attached hydrogen (secondary N) is 1. The average molecular weight is 531 g/mol. The van der Waals surface area contributed by atoms with Gasteiger partial charge in [0, 0.05) is 29.9 Å². The monoisotopic (exact) mass is 530 g/mol. The molecule has 1 atom stereocenters. The number of benzene rings is 4. The fourth-order valence-electron chi connectivity index (χ4n) is 4.05. The molecule has 4 aromatic carbocycles. The van der Waals surface area contributed by atoms with Gasteiger partial charge in [-0.2, -0.15) is 0 Å². The second-order valence-electron chi connectivity index (χ2n) is 8.23. The molecule has 2 amide bonds. The van der Waals surface area contributed by atoms with Gasteiger partial charge in [0.15, 0.2) is 6.61 Å². The van der Waals surface area contributed by atoms with Gasteiger partial charge in [0.2, 0.25) is 5.91 Å². The van der Waals surface area contributed by atoms with Gasteiger partial charge in [-0.15, -0.1) is 0 Å². The Morgan fingerprint density at radius 1 is 0.857 bits per heavy atom. The van der Waals surface area contributed by atoms with Crippen LogP contribution < -0.4 is 10.1 Å². The first-order chi connectivity index (χ1) is 17.0. The molecule has 6 heteroatoms. The molecule has 35 heavy (non-hydrogen) atoms. The van der Waals surface area contributed by atoms with Crippen molar-refractivity contribution in [3.05, 3.63) is 113 Å². The lowest BCUT2D eigenvalue weighted by Gasteiger charge is -2.31. The molecule has 0 aliphatic heterocycles. The maximum Gasteiger partial charge on any atom is 0.261 e. The Kier molecular flexibility index (Phi) is 8.16. The van der Waals surface area contributed by atoms with Gasteiger partial charge in [0.05, 0.1) is 0 Å². The third kappa shape index (κ3) is 6.28. The van der Waals surface area contributed by atoms with Gasteiger partial charge in [0.1, 0.15) is 11.8 Å². The number of carbonyl (C=O) groups is 2. The van der Waals surface area contributed by atoms with Gasteiger partial charge < -0.3 is 15.0 Å². The summed E-state index contributed by atoms with van der Waals surface area (Å²) >= 11 is 3.45. The van der Waals surface area contributed by atoms with Crippen molar-refractivity contribution < 1.29 is 14.3 Å². The first-order valence-corrected chi connectivity index (χ1v) is 12.2. The molecular formula is C29H27BrN2O3. The summed E-state index contributed by atoms with van der Waals surface area (Å²) in [6, 6.07) is 30.4. The molecule has 0 saturated heterocycles. The molecule has 0 aliphatic carbocycles. The number of halogens is 1. The van der Waals surface area contributed by atoms with Gasteiger partial charge >= 0.3 is 0 Å². The highest BCUT2D eigenvalue weighted by molar-refractivity contribution is 9.10. The standard InChI is InChI=1S/C29H27BrN2O3/c1-31-29(34)26(18-21-8-3-2-4-9-21)32(19-22-14-16-24(30)17-15-22)28(33)20-35-27-13-7-11-23-10-5-6-12-25(23)27/h2-17,26H,18-20H2,1H3,(H,31,34)/t26-/m1/s1. The Labute approximate surface area is 213 Å². The summed E-state index contributed by atoms with van der Waals surface area (Å²) in [6.45, 7) is 0.114. The molecule has 0 heterocycles. The Morgan fingerprint density at radius 2 is 1.54 bits per heavy atom. The van der Waals surface area contributed by atoms with E-state index in [1.165, 1.54) is 0 Å². The predicted molar refractivity (Wildman–Crippen MR) is 142 cm³/mol. The van der Waals surface area contributed by atoms with E-state index in [9.17, 15) is 9.59 Å². The third-order valence-corrected chi connectivity index (χ3v) is 6.41. The SMILES string of the molecule is CNC(=O)[C@@H](Cc1ccccc1)N(Cc1ccc(Br)cc1)C(=O)COc1cccc2ccccc12. The fourth-order valence-corrected chi connectivity index (χ4v) is 4.32. The van der Waals surface area contributed by atoms with Gasteiger partial charge in [-0.1, -0.05) is 94.8 Å². The molecular weight excluding hydrogens is 504 g/mol. The van der Waals surface area contributed by atoms with Crippen LogP contribution in [0.2, 0.25) is 0 Å². The highest BCUT2D eigenvalue weighted by atomic mass is 79.9. The molecule has 0 unspecified atom stereocenters. The van der Waals surface area contributed by atoms with Crippen LogP contribution >= 0.6 is 15.9 Å². The molecule has 0 spiro atoms.